The normalized spacial score (nSPS) is 14.5. The molecule has 118 valence electrons. The van der Waals surface area contributed by atoms with Crippen molar-refractivity contribution in [1.29, 1.82) is 0 Å². The summed E-state index contributed by atoms with van der Waals surface area (Å²) in [5.74, 6) is 0.385. The maximum Gasteiger partial charge on any atom is 0.232 e. The molecule has 2 N–H and O–H groups in total. The number of phenols is 2. The van der Waals surface area contributed by atoms with Crippen LogP contribution in [0.25, 0.3) is 6.08 Å². The number of benzene rings is 2. The Balaban J connectivity index is 2.03. The Morgan fingerprint density at radius 1 is 1.04 bits per heavy atom. The highest BCUT2D eigenvalue weighted by atomic mass is 16.5. The van der Waals surface area contributed by atoms with Crippen LogP contribution in [0.15, 0.2) is 36.1 Å². The lowest BCUT2D eigenvalue weighted by atomic mass is 10.1. The Morgan fingerprint density at radius 2 is 1.83 bits per heavy atom. The van der Waals surface area contributed by atoms with E-state index in [0.717, 1.165) is 0 Å². The van der Waals surface area contributed by atoms with Gasteiger partial charge in [-0.2, -0.15) is 0 Å². The minimum Gasteiger partial charge on any atom is -0.504 e. The molecule has 0 saturated heterocycles. The number of Topliss-reactive ketones (excluding diaryl/α,β-unsaturated/α-hetero) is 1. The van der Waals surface area contributed by atoms with Crippen molar-refractivity contribution < 1.29 is 29.2 Å². The van der Waals surface area contributed by atoms with Gasteiger partial charge in [0.25, 0.3) is 0 Å². The van der Waals surface area contributed by atoms with Gasteiger partial charge in [-0.25, -0.2) is 0 Å². The number of aromatic hydroxyl groups is 2. The van der Waals surface area contributed by atoms with Crippen LogP contribution in [-0.4, -0.2) is 30.2 Å². The van der Waals surface area contributed by atoms with Crippen LogP contribution in [0, 0.1) is 0 Å². The molecule has 23 heavy (non-hydrogen) atoms. The molecule has 0 fully saturated rings. The van der Waals surface area contributed by atoms with Gasteiger partial charge in [0.15, 0.2) is 28.8 Å². The van der Waals surface area contributed by atoms with E-state index in [2.05, 4.69) is 0 Å². The molecule has 0 radical (unpaired) electrons. The predicted octanol–water partition coefficient (Wildman–Crippen LogP) is 2.73. The number of carbonyl (C=O) groups excluding carboxylic acids is 1. The van der Waals surface area contributed by atoms with Gasteiger partial charge < -0.3 is 24.4 Å². The fourth-order valence-corrected chi connectivity index (χ4v) is 2.34. The molecule has 2 aromatic carbocycles. The highest BCUT2D eigenvalue weighted by molar-refractivity contribution is 6.15. The second-order valence-corrected chi connectivity index (χ2v) is 4.87. The summed E-state index contributed by atoms with van der Waals surface area (Å²) in [4.78, 5) is 12.4. The van der Waals surface area contributed by atoms with Crippen molar-refractivity contribution >= 4 is 11.9 Å². The lowest BCUT2D eigenvalue weighted by Gasteiger charge is -2.10. The Hall–Kier alpha value is -3.15. The molecule has 0 saturated carbocycles. The molecular formula is C17H14O6. The van der Waals surface area contributed by atoms with Gasteiger partial charge >= 0.3 is 0 Å². The first-order valence-electron chi connectivity index (χ1n) is 6.76. The molecule has 1 heterocycles. The molecule has 3 rings (SSSR count). The molecule has 6 nitrogen and oxygen atoms in total. The summed E-state index contributed by atoms with van der Waals surface area (Å²) in [5, 5.41) is 18.8. The van der Waals surface area contributed by atoms with Crippen LogP contribution in [0.2, 0.25) is 0 Å². The second kappa shape index (κ2) is 5.57. The van der Waals surface area contributed by atoms with E-state index in [0.29, 0.717) is 28.4 Å². The largest absolute Gasteiger partial charge is 0.504 e. The molecule has 0 atom stereocenters. The quantitative estimate of drug-likeness (QED) is 0.669. The van der Waals surface area contributed by atoms with E-state index < -0.39 is 0 Å². The molecule has 0 unspecified atom stereocenters. The Labute approximate surface area is 132 Å². The number of carbonyl (C=O) groups is 1. The molecule has 2 aromatic rings. The van der Waals surface area contributed by atoms with Crippen molar-refractivity contribution in [2.45, 2.75) is 0 Å². The third-order valence-corrected chi connectivity index (χ3v) is 3.48. The minimum absolute atomic E-state index is 0.0941. The van der Waals surface area contributed by atoms with E-state index in [-0.39, 0.29) is 23.0 Å². The van der Waals surface area contributed by atoms with Crippen molar-refractivity contribution in [3.8, 4) is 28.7 Å². The number of ether oxygens (including phenoxy) is 3. The van der Waals surface area contributed by atoms with Gasteiger partial charge in [-0.3, -0.25) is 4.79 Å². The average molecular weight is 314 g/mol. The standard InChI is InChI=1S/C17H14O6/c1-21-13-6-4-10-15(20)14(23-16(10)17(13)22-2)8-9-3-5-11(18)12(19)7-9/h3-8,18-19H,1-2H3/b14-8+. The predicted molar refractivity (Wildman–Crippen MR) is 82.3 cm³/mol. The summed E-state index contributed by atoms with van der Waals surface area (Å²) in [7, 11) is 2.96. The van der Waals surface area contributed by atoms with Crippen molar-refractivity contribution in [1.82, 2.24) is 0 Å². The summed E-state index contributed by atoms with van der Waals surface area (Å²) in [6.07, 6.45) is 1.48. The highest BCUT2D eigenvalue weighted by Crippen LogP contribution is 2.45. The number of hydrogen-bond donors (Lipinski definition) is 2. The number of rotatable bonds is 3. The summed E-state index contributed by atoms with van der Waals surface area (Å²) in [6, 6.07) is 7.46. The molecule has 1 aliphatic heterocycles. The molecule has 1 aliphatic rings. The average Bonchev–Trinajstić information content (AvgIpc) is 2.86. The van der Waals surface area contributed by atoms with Crippen LogP contribution in [-0.2, 0) is 0 Å². The molecule has 0 bridgehead atoms. The van der Waals surface area contributed by atoms with Gasteiger partial charge in [-0.15, -0.1) is 0 Å². The first-order valence-corrected chi connectivity index (χ1v) is 6.76. The van der Waals surface area contributed by atoms with Crippen LogP contribution in [0.3, 0.4) is 0 Å². The number of ketones is 1. The van der Waals surface area contributed by atoms with Crippen molar-refractivity contribution in [3.05, 3.63) is 47.2 Å². The number of hydrogen-bond acceptors (Lipinski definition) is 6. The maximum absolute atomic E-state index is 12.4. The second-order valence-electron chi connectivity index (χ2n) is 4.87. The lowest BCUT2D eigenvalue weighted by Crippen LogP contribution is -1.97. The van der Waals surface area contributed by atoms with E-state index in [1.807, 2.05) is 0 Å². The van der Waals surface area contributed by atoms with Crippen LogP contribution in [0.4, 0.5) is 0 Å². The molecule has 0 aromatic heterocycles. The molecule has 6 heteroatoms. The van der Waals surface area contributed by atoms with Crippen LogP contribution < -0.4 is 14.2 Å². The van der Waals surface area contributed by atoms with Crippen molar-refractivity contribution in [2.24, 2.45) is 0 Å². The molecule has 0 aliphatic carbocycles. The summed E-state index contributed by atoms with van der Waals surface area (Å²) < 4.78 is 16.1. The number of allylic oxidation sites excluding steroid dienone is 1. The summed E-state index contributed by atoms with van der Waals surface area (Å²) >= 11 is 0. The summed E-state index contributed by atoms with van der Waals surface area (Å²) in [5.41, 5.74) is 0.888. The van der Waals surface area contributed by atoms with E-state index >= 15 is 0 Å². The van der Waals surface area contributed by atoms with Crippen LogP contribution in [0.1, 0.15) is 15.9 Å². The first-order chi connectivity index (χ1) is 11.0. The Bertz CT molecular complexity index is 822. The number of methoxy groups -OCH3 is 2. The van der Waals surface area contributed by atoms with Crippen molar-refractivity contribution in [3.63, 3.8) is 0 Å². The van der Waals surface area contributed by atoms with E-state index in [9.17, 15) is 15.0 Å². The molecular weight excluding hydrogens is 300 g/mol. The SMILES string of the molecule is COc1ccc2c(c1OC)O/C(=C/c1ccc(O)c(O)c1)C2=O. The van der Waals surface area contributed by atoms with E-state index in [1.165, 1.54) is 32.4 Å². The van der Waals surface area contributed by atoms with Gasteiger partial charge in [0.2, 0.25) is 11.5 Å². The van der Waals surface area contributed by atoms with Gasteiger partial charge in [0, 0.05) is 0 Å². The fraction of sp³-hybridized carbons (Fsp3) is 0.118. The topological polar surface area (TPSA) is 85.2 Å². The third kappa shape index (κ3) is 2.44. The smallest absolute Gasteiger partial charge is 0.232 e. The van der Waals surface area contributed by atoms with Gasteiger partial charge in [0.05, 0.1) is 19.8 Å². The Morgan fingerprint density at radius 3 is 2.48 bits per heavy atom. The molecule has 0 amide bonds. The van der Waals surface area contributed by atoms with Crippen LogP contribution >= 0.6 is 0 Å². The lowest BCUT2D eigenvalue weighted by molar-refractivity contribution is 0.101. The summed E-state index contributed by atoms with van der Waals surface area (Å²) in [6.45, 7) is 0. The highest BCUT2D eigenvalue weighted by Gasteiger charge is 2.32. The monoisotopic (exact) mass is 314 g/mol. The minimum atomic E-state index is -0.298. The first kappa shape index (κ1) is 14.8. The van der Waals surface area contributed by atoms with Gasteiger partial charge in [0.1, 0.15) is 0 Å². The van der Waals surface area contributed by atoms with Crippen molar-refractivity contribution in [2.75, 3.05) is 14.2 Å². The number of phenolic OH excluding ortho intramolecular Hbond substituents is 2. The third-order valence-electron chi connectivity index (χ3n) is 3.48. The van der Waals surface area contributed by atoms with Gasteiger partial charge in [-0.05, 0) is 35.9 Å². The molecule has 0 spiro atoms. The van der Waals surface area contributed by atoms with Crippen LogP contribution in [0.5, 0.6) is 28.7 Å². The Kier molecular flexibility index (Phi) is 3.57. The van der Waals surface area contributed by atoms with E-state index in [4.69, 9.17) is 14.2 Å². The zero-order valence-corrected chi connectivity index (χ0v) is 12.5. The zero-order valence-electron chi connectivity index (χ0n) is 12.5. The number of fused-ring (bicyclic) bond motifs is 1. The maximum atomic E-state index is 12.4. The van der Waals surface area contributed by atoms with E-state index in [1.54, 1.807) is 18.2 Å². The zero-order chi connectivity index (χ0) is 16.6. The van der Waals surface area contributed by atoms with Gasteiger partial charge in [-0.1, -0.05) is 6.07 Å². The fourth-order valence-electron chi connectivity index (χ4n) is 2.34.